The van der Waals surface area contributed by atoms with Gasteiger partial charge in [-0.15, -0.1) is 0 Å². The number of methoxy groups -OCH3 is 1. The lowest BCUT2D eigenvalue weighted by Crippen LogP contribution is -2.67. The van der Waals surface area contributed by atoms with Gasteiger partial charge in [-0.2, -0.15) is 0 Å². The minimum Gasteiger partial charge on any atom is -0.466 e. The molecule has 0 saturated carbocycles. The third-order valence-corrected chi connectivity index (χ3v) is 13.0. The number of hydrogen-bond donors (Lipinski definition) is 1. The molecule has 7 nitrogen and oxygen atoms in total. The van der Waals surface area contributed by atoms with E-state index >= 15 is 0 Å². The average molecular weight is 653 g/mol. The Morgan fingerprint density at radius 3 is 1.81 bits per heavy atom. The molecule has 0 radical (unpaired) electrons. The van der Waals surface area contributed by atoms with E-state index in [-0.39, 0.29) is 24.7 Å². The smallest absolute Gasteiger partial charge is 0.338 e. The molecule has 246 valence electrons. The van der Waals surface area contributed by atoms with Gasteiger partial charge in [-0.3, -0.25) is 0 Å². The van der Waals surface area contributed by atoms with Crippen molar-refractivity contribution in [3.63, 3.8) is 0 Å². The van der Waals surface area contributed by atoms with Gasteiger partial charge in [0.05, 0.1) is 32.0 Å². The van der Waals surface area contributed by atoms with Crippen molar-refractivity contribution in [1.82, 2.24) is 0 Å². The van der Waals surface area contributed by atoms with Crippen molar-refractivity contribution in [2.45, 2.75) is 57.1 Å². The van der Waals surface area contributed by atoms with E-state index in [0.717, 1.165) is 15.9 Å². The normalized spacial score (nSPS) is 13.9. The Balaban J connectivity index is 1.66. The van der Waals surface area contributed by atoms with Gasteiger partial charge in [0.1, 0.15) is 12.2 Å². The summed E-state index contributed by atoms with van der Waals surface area (Å²) in [5.41, 5.74) is 1.28. The maximum absolute atomic E-state index is 13.1. The molecule has 4 aromatic rings. The Kier molecular flexibility index (Phi) is 12.8. The van der Waals surface area contributed by atoms with Crippen LogP contribution in [0.2, 0.25) is 5.04 Å². The number of carbonyl (C=O) groups is 2. The Morgan fingerprint density at radius 2 is 1.30 bits per heavy atom. The fourth-order valence-electron chi connectivity index (χ4n) is 5.62. The van der Waals surface area contributed by atoms with Gasteiger partial charge in [-0.05, 0) is 39.2 Å². The van der Waals surface area contributed by atoms with Gasteiger partial charge in [0.25, 0.3) is 8.32 Å². The van der Waals surface area contributed by atoms with E-state index in [4.69, 9.17) is 18.6 Å². The Labute approximate surface area is 278 Å². The van der Waals surface area contributed by atoms with Crippen LogP contribution >= 0.6 is 0 Å². The zero-order chi connectivity index (χ0) is 33.7. The first kappa shape index (κ1) is 35.5. The van der Waals surface area contributed by atoms with Crippen molar-refractivity contribution in [2.24, 2.45) is 0 Å². The van der Waals surface area contributed by atoms with Crippen LogP contribution in [0, 0.1) is 0 Å². The third kappa shape index (κ3) is 9.59. The lowest BCUT2D eigenvalue weighted by atomic mass is 10.1. The molecule has 0 unspecified atom stereocenters. The lowest BCUT2D eigenvalue weighted by Gasteiger charge is -2.43. The summed E-state index contributed by atoms with van der Waals surface area (Å²) in [5, 5.41) is 13.7. The van der Waals surface area contributed by atoms with Crippen LogP contribution in [0.1, 0.15) is 43.1 Å². The Morgan fingerprint density at radius 1 is 0.787 bits per heavy atom. The van der Waals surface area contributed by atoms with E-state index in [1.165, 1.54) is 19.3 Å². The molecule has 0 aliphatic rings. The van der Waals surface area contributed by atoms with E-state index in [1.54, 1.807) is 30.3 Å². The summed E-state index contributed by atoms with van der Waals surface area (Å²) in [6.45, 7) is 6.69. The number of aliphatic hydroxyl groups excluding tert-OH is 1. The average Bonchev–Trinajstić information content (AvgIpc) is 3.10. The number of esters is 2. The highest BCUT2D eigenvalue weighted by Gasteiger charge is 2.50. The topological polar surface area (TPSA) is 91.3 Å². The predicted molar refractivity (Wildman–Crippen MR) is 186 cm³/mol. The molecule has 4 rings (SSSR count). The molecule has 1 N–H and O–H groups in total. The van der Waals surface area contributed by atoms with Crippen LogP contribution in [-0.2, 0) is 30.0 Å². The number of benzene rings is 4. The maximum atomic E-state index is 13.1. The summed E-state index contributed by atoms with van der Waals surface area (Å²) in [5.74, 6) is -1.16. The standard InChI is InChI=1S/C39H44O7Si/c1-39(2,3)47(33-21-13-7-14-22-33,34-23-15-8-16-24-34)45-29-35(40)36(44-28-30-17-9-5-10-18-30)27-32(25-26-37(41)43-4)46-38(42)31-19-11-6-12-20-31/h5-26,32,35-36,40H,27-29H2,1-4H3/b26-25+/t32-,35-,36+/m0/s1. The zero-order valence-electron chi connectivity index (χ0n) is 27.5. The minimum absolute atomic E-state index is 0.0349. The van der Waals surface area contributed by atoms with Crippen LogP contribution in [0.25, 0.3) is 0 Å². The molecule has 0 aromatic heterocycles. The van der Waals surface area contributed by atoms with E-state index in [0.29, 0.717) is 5.56 Å². The van der Waals surface area contributed by atoms with Gasteiger partial charge in [0, 0.05) is 12.5 Å². The van der Waals surface area contributed by atoms with Crippen molar-refractivity contribution in [2.75, 3.05) is 13.7 Å². The molecule has 0 fully saturated rings. The first-order chi connectivity index (χ1) is 22.6. The molecule has 8 heteroatoms. The molecule has 0 amide bonds. The molecule has 0 aliphatic carbocycles. The lowest BCUT2D eigenvalue weighted by molar-refractivity contribution is -0.134. The molecule has 0 aliphatic heterocycles. The van der Waals surface area contributed by atoms with Gasteiger partial charge in [-0.1, -0.05) is 130 Å². The molecular formula is C39H44O7Si. The van der Waals surface area contributed by atoms with Crippen molar-refractivity contribution in [3.05, 3.63) is 145 Å². The summed E-state index contributed by atoms with van der Waals surface area (Å²) in [6.07, 6.45) is -0.118. The number of rotatable bonds is 15. The fraction of sp³-hybridized carbons (Fsp3) is 0.282. The highest BCUT2D eigenvalue weighted by atomic mass is 28.4. The highest BCUT2D eigenvalue weighted by molar-refractivity contribution is 6.99. The number of hydrogen-bond acceptors (Lipinski definition) is 7. The SMILES string of the molecule is COC(=O)/C=C/[C@@H](C[C@@H](OCc1ccccc1)[C@@H](O)CO[Si](c1ccccc1)(c1ccccc1)C(C)(C)C)OC(=O)c1ccccc1. The predicted octanol–water partition coefficient (Wildman–Crippen LogP) is 5.85. The largest absolute Gasteiger partial charge is 0.466 e. The van der Waals surface area contributed by atoms with Crippen molar-refractivity contribution in [1.29, 1.82) is 0 Å². The molecule has 47 heavy (non-hydrogen) atoms. The number of carbonyl (C=O) groups excluding carboxylic acids is 2. The molecular weight excluding hydrogens is 609 g/mol. The summed E-state index contributed by atoms with van der Waals surface area (Å²) in [7, 11) is -1.69. The molecule has 0 saturated heterocycles. The fourth-order valence-corrected chi connectivity index (χ4v) is 10.2. The van der Waals surface area contributed by atoms with E-state index < -0.39 is 38.6 Å². The van der Waals surface area contributed by atoms with Crippen molar-refractivity contribution >= 4 is 30.6 Å². The summed E-state index contributed by atoms with van der Waals surface area (Å²) >= 11 is 0. The number of ether oxygens (including phenoxy) is 3. The second-order valence-electron chi connectivity index (χ2n) is 12.3. The van der Waals surface area contributed by atoms with Crippen LogP contribution in [0.5, 0.6) is 0 Å². The molecule has 0 spiro atoms. The number of aliphatic hydroxyl groups is 1. The van der Waals surface area contributed by atoms with Crippen molar-refractivity contribution < 1.29 is 33.3 Å². The minimum atomic E-state index is -2.97. The second-order valence-corrected chi connectivity index (χ2v) is 16.6. The summed E-state index contributed by atoms with van der Waals surface area (Å²) in [4.78, 5) is 25.1. The Hall–Kier alpha value is -4.34. The first-order valence-electron chi connectivity index (χ1n) is 15.7. The van der Waals surface area contributed by atoms with Gasteiger partial charge >= 0.3 is 11.9 Å². The zero-order valence-corrected chi connectivity index (χ0v) is 28.5. The monoisotopic (exact) mass is 652 g/mol. The van der Waals surface area contributed by atoms with Gasteiger partial charge in [0.2, 0.25) is 0 Å². The van der Waals surface area contributed by atoms with Crippen LogP contribution < -0.4 is 10.4 Å². The van der Waals surface area contributed by atoms with Gasteiger partial charge < -0.3 is 23.7 Å². The molecule has 0 heterocycles. The Bertz CT molecular complexity index is 1520. The molecule has 0 bridgehead atoms. The third-order valence-electron chi connectivity index (χ3n) is 8.00. The first-order valence-corrected chi connectivity index (χ1v) is 17.7. The van der Waals surface area contributed by atoms with Gasteiger partial charge in [0.15, 0.2) is 0 Å². The highest BCUT2D eigenvalue weighted by Crippen LogP contribution is 2.37. The van der Waals surface area contributed by atoms with Crippen LogP contribution in [0.15, 0.2) is 133 Å². The van der Waals surface area contributed by atoms with Crippen LogP contribution in [0.4, 0.5) is 0 Å². The molecule has 3 atom stereocenters. The summed E-state index contributed by atoms with van der Waals surface area (Å²) < 4.78 is 24.0. The van der Waals surface area contributed by atoms with E-state index in [2.05, 4.69) is 45.0 Å². The van der Waals surface area contributed by atoms with Gasteiger partial charge in [-0.25, -0.2) is 9.59 Å². The van der Waals surface area contributed by atoms with Crippen LogP contribution in [-0.4, -0.2) is 57.4 Å². The van der Waals surface area contributed by atoms with Crippen LogP contribution in [0.3, 0.4) is 0 Å². The quantitative estimate of drug-likeness (QED) is 0.0979. The molecule has 4 aromatic carbocycles. The summed E-state index contributed by atoms with van der Waals surface area (Å²) in [6, 6.07) is 38.6. The van der Waals surface area contributed by atoms with E-state index in [1.807, 2.05) is 66.7 Å². The van der Waals surface area contributed by atoms with E-state index in [9.17, 15) is 14.7 Å². The second kappa shape index (κ2) is 17.0. The maximum Gasteiger partial charge on any atom is 0.338 e. The van der Waals surface area contributed by atoms with Crippen molar-refractivity contribution in [3.8, 4) is 0 Å².